The second-order valence-electron chi connectivity index (χ2n) is 13.5. The van der Waals surface area contributed by atoms with Gasteiger partial charge in [0, 0.05) is 30.3 Å². The number of carbonyl (C=O) groups excluding carboxylic acids is 6. The molecule has 1 aromatic rings. The number of aromatic nitrogens is 1. The number of aryl methyl sites for hydroxylation is 1. The van der Waals surface area contributed by atoms with Crippen LogP contribution in [0.15, 0.2) is 6.20 Å². The number of hydrogen-bond donors (Lipinski definition) is 1. The second kappa shape index (κ2) is 18.2. The number of methoxy groups -OCH3 is 2. The molecule has 0 aromatic carbocycles. The fourth-order valence-electron chi connectivity index (χ4n) is 4.75. The normalized spacial score (nSPS) is 20.5. The summed E-state index contributed by atoms with van der Waals surface area (Å²) in [6, 6.07) is -1.45. The third-order valence-electron chi connectivity index (χ3n) is 7.01. The molecular formula is C32H48F2N4O10S. The first kappa shape index (κ1) is 41.3. The number of carbonyl (C=O) groups is 6. The number of likely N-dealkylation sites (tertiary alicyclic amines) is 2. The molecule has 2 aliphatic heterocycles. The molecule has 3 rings (SSSR count). The van der Waals surface area contributed by atoms with Crippen LogP contribution in [0.2, 0.25) is 0 Å². The molecule has 0 saturated carbocycles. The van der Waals surface area contributed by atoms with Gasteiger partial charge in [0.05, 0.1) is 52.7 Å². The fourth-order valence-corrected chi connectivity index (χ4v) is 5.79. The summed E-state index contributed by atoms with van der Waals surface area (Å²) in [4.78, 5) is 78.1. The van der Waals surface area contributed by atoms with E-state index in [0.29, 0.717) is 11.4 Å². The molecule has 0 aliphatic carbocycles. The number of esters is 2. The summed E-state index contributed by atoms with van der Waals surface area (Å²) in [5.74, 6) is -1.80. The van der Waals surface area contributed by atoms with Gasteiger partial charge in [-0.25, -0.2) is 23.4 Å². The number of Topliss-reactive ketones (excluding diaryl/α,β-unsaturated/α-hetero) is 1. The molecule has 0 radical (unpaired) electrons. The SMILES string of the molecule is COC(=O)CCC(=O)CNC(=O)[C@@H]1C[C@H](F)CN1C(=O)OC(C)(C)C.COC(=O)CCc1cnc([C@@H]2C[C@H](F)CN2C(=O)OC(C)(C)C)s1. The van der Waals surface area contributed by atoms with Gasteiger partial charge in [0.2, 0.25) is 5.91 Å². The van der Waals surface area contributed by atoms with Gasteiger partial charge in [-0.15, -0.1) is 11.3 Å². The van der Waals surface area contributed by atoms with Gasteiger partial charge >= 0.3 is 24.1 Å². The number of ether oxygens (including phenoxy) is 4. The van der Waals surface area contributed by atoms with E-state index in [2.05, 4.69) is 19.8 Å². The summed E-state index contributed by atoms with van der Waals surface area (Å²) >= 11 is 1.39. The molecule has 0 bridgehead atoms. The molecule has 2 fully saturated rings. The third-order valence-corrected chi connectivity index (χ3v) is 8.17. The standard InChI is InChI=1S/C16H25FN2O6.C16H23FN2O4S/c1-16(2,3)25-15(23)19-9-10(17)7-12(19)14(22)18-8-11(20)5-6-13(21)24-4;1-16(2,3)23-15(21)19-9-10(17)7-12(19)14-18-8-11(24-14)5-6-13(20)22-4/h10,12H,5-9H2,1-4H3,(H,18,22);8,10,12H,5-7,9H2,1-4H3/t2*10-,12-/m00/s1. The van der Waals surface area contributed by atoms with Crippen molar-refractivity contribution in [1.82, 2.24) is 20.1 Å². The van der Waals surface area contributed by atoms with E-state index in [4.69, 9.17) is 9.47 Å². The number of nitrogens with zero attached hydrogens (tertiary/aromatic N) is 3. The maximum atomic E-state index is 13.9. The van der Waals surface area contributed by atoms with Crippen LogP contribution in [0.25, 0.3) is 0 Å². The highest BCUT2D eigenvalue weighted by molar-refractivity contribution is 7.11. The molecule has 49 heavy (non-hydrogen) atoms. The average molecular weight is 719 g/mol. The van der Waals surface area contributed by atoms with Gasteiger partial charge in [-0.2, -0.15) is 0 Å². The molecule has 4 atom stereocenters. The van der Waals surface area contributed by atoms with Crippen molar-refractivity contribution in [3.63, 3.8) is 0 Å². The number of alkyl halides is 2. The highest BCUT2D eigenvalue weighted by Crippen LogP contribution is 2.37. The molecule has 0 spiro atoms. The Hall–Kier alpha value is -3.89. The zero-order valence-electron chi connectivity index (χ0n) is 29.3. The van der Waals surface area contributed by atoms with Crippen molar-refractivity contribution in [2.24, 2.45) is 0 Å². The third kappa shape index (κ3) is 14.2. The molecule has 17 heteroatoms. The molecule has 3 amide bonds. The Morgan fingerprint density at radius 2 is 1.37 bits per heavy atom. The summed E-state index contributed by atoms with van der Waals surface area (Å²) in [6.07, 6.45) is -1.36. The van der Waals surface area contributed by atoms with E-state index in [1.807, 2.05) is 0 Å². The zero-order chi connectivity index (χ0) is 37.1. The Labute approximate surface area is 289 Å². The summed E-state index contributed by atoms with van der Waals surface area (Å²) in [6.45, 7) is 9.81. The molecule has 3 heterocycles. The lowest BCUT2D eigenvalue weighted by atomic mass is 10.1. The number of ketones is 1. The van der Waals surface area contributed by atoms with Gasteiger partial charge in [-0.1, -0.05) is 0 Å². The van der Waals surface area contributed by atoms with Crippen LogP contribution in [-0.2, 0) is 44.5 Å². The van der Waals surface area contributed by atoms with E-state index >= 15 is 0 Å². The first-order valence-corrected chi connectivity index (χ1v) is 16.7. The maximum Gasteiger partial charge on any atom is 0.411 e. The van der Waals surface area contributed by atoms with Crippen LogP contribution in [0.5, 0.6) is 0 Å². The molecular weight excluding hydrogens is 670 g/mol. The van der Waals surface area contributed by atoms with E-state index in [1.54, 1.807) is 47.7 Å². The first-order valence-electron chi connectivity index (χ1n) is 15.9. The summed E-state index contributed by atoms with van der Waals surface area (Å²) in [7, 11) is 2.56. The number of nitrogens with one attached hydrogen (secondary N) is 1. The predicted octanol–water partition coefficient (Wildman–Crippen LogP) is 4.24. The quantitative estimate of drug-likeness (QED) is 0.271. The Balaban J connectivity index is 0.000000340. The van der Waals surface area contributed by atoms with Crippen LogP contribution >= 0.6 is 11.3 Å². The van der Waals surface area contributed by atoms with Gasteiger partial charge < -0.3 is 24.3 Å². The van der Waals surface area contributed by atoms with Crippen LogP contribution in [0.1, 0.15) is 89.6 Å². The minimum Gasteiger partial charge on any atom is -0.469 e. The Morgan fingerprint density at radius 1 is 0.837 bits per heavy atom. The Bertz CT molecular complexity index is 1330. The smallest absolute Gasteiger partial charge is 0.411 e. The van der Waals surface area contributed by atoms with Crippen molar-refractivity contribution in [1.29, 1.82) is 0 Å². The molecule has 1 N–H and O–H groups in total. The minimum atomic E-state index is -1.33. The molecule has 2 aliphatic rings. The van der Waals surface area contributed by atoms with Crippen molar-refractivity contribution in [2.75, 3.05) is 33.9 Å². The number of thiazole rings is 1. The van der Waals surface area contributed by atoms with Crippen LogP contribution < -0.4 is 5.32 Å². The predicted molar refractivity (Wildman–Crippen MR) is 173 cm³/mol. The summed E-state index contributed by atoms with van der Waals surface area (Å²) in [5.41, 5.74) is -1.40. The van der Waals surface area contributed by atoms with E-state index in [9.17, 15) is 37.5 Å². The van der Waals surface area contributed by atoms with E-state index in [1.165, 1.54) is 30.5 Å². The maximum absolute atomic E-state index is 13.9. The molecule has 0 unspecified atom stereocenters. The highest BCUT2D eigenvalue weighted by Gasteiger charge is 2.42. The lowest BCUT2D eigenvalue weighted by Crippen LogP contribution is -2.48. The summed E-state index contributed by atoms with van der Waals surface area (Å²) in [5, 5.41) is 3.05. The lowest BCUT2D eigenvalue weighted by Gasteiger charge is -2.27. The second-order valence-corrected chi connectivity index (χ2v) is 14.7. The van der Waals surface area contributed by atoms with Crippen LogP contribution in [0.3, 0.4) is 0 Å². The number of rotatable bonds is 10. The van der Waals surface area contributed by atoms with Crippen molar-refractivity contribution in [2.45, 2.75) is 116 Å². The summed E-state index contributed by atoms with van der Waals surface area (Å²) < 4.78 is 47.1. The van der Waals surface area contributed by atoms with E-state index < -0.39 is 59.7 Å². The fraction of sp³-hybridized carbons (Fsp3) is 0.719. The van der Waals surface area contributed by atoms with Crippen LogP contribution in [0, 0.1) is 0 Å². The molecule has 2 saturated heterocycles. The number of halogens is 2. The van der Waals surface area contributed by atoms with Gasteiger partial charge in [0.25, 0.3) is 0 Å². The topological polar surface area (TPSA) is 171 Å². The van der Waals surface area contributed by atoms with E-state index in [-0.39, 0.29) is 63.5 Å². The van der Waals surface area contributed by atoms with Gasteiger partial charge in [0.1, 0.15) is 34.6 Å². The van der Waals surface area contributed by atoms with E-state index in [0.717, 1.165) is 9.78 Å². The lowest BCUT2D eigenvalue weighted by molar-refractivity contribution is -0.142. The van der Waals surface area contributed by atoms with Crippen LogP contribution in [-0.4, -0.2) is 114 Å². The van der Waals surface area contributed by atoms with Crippen molar-refractivity contribution < 1.29 is 56.5 Å². The minimum absolute atomic E-state index is 0.0106. The van der Waals surface area contributed by atoms with Crippen molar-refractivity contribution >= 4 is 47.2 Å². The van der Waals surface area contributed by atoms with Crippen molar-refractivity contribution in [3.8, 4) is 0 Å². The van der Waals surface area contributed by atoms with Crippen LogP contribution in [0.4, 0.5) is 18.4 Å². The zero-order valence-corrected chi connectivity index (χ0v) is 30.2. The monoisotopic (exact) mass is 718 g/mol. The molecule has 1 aromatic heterocycles. The van der Waals surface area contributed by atoms with Gasteiger partial charge in [0.15, 0.2) is 5.78 Å². The molecule has 14 nitrogen and oxygen atoms in total. The number of amides is 3. The molecule has 276 valence electrons. The highest BCUT2D eigenvalue weighted by atomic mass is 32.1. The average Bonchev–Trinajstić information content (AvgIpc) is 3.74. The number of hydrogen-bond acceptors (Lipinski definition) is 12. The van der Waals surface area contributed by atoms with Gasteiger partial charge in [-0.05, 0) is 48.0 Å². The Kier molecular flexibility index (Phi) is 15.3. The van der Waals surface area contributed by atoms with Gasteiger partial charge in [-0.3, -0.25) is 29.0 Å². The first-order chi connectivity index (χ1) is 22.7. The largest absolute Gasteiger partial charge is 0.469 e. The Morgan fingerprint density at radius 3 is 1.94 bits per heavy atom. The van der Waals surface area contributed by atoms with Crippen molar-refractivity contribution in [3.05, 3.63) is 16.1 Å².